The highest BCUT2D eigenvalue weighted by molar-refractivity contribution is 5.91. The van der Waals surface area contributed by atoms with Crippen molar-refractivity contribution in [3.8, 4) is 39.7 Å². The Hall–Kier alpha value is -7.09. The molecule has 1 saturated carbocycles. The highest BCUT2D eigenvalue weighted by atomic mass is 16.5. The summed E-state index contributed by atoms with van der Waals surface area (Å²) >= 11 is 0. The van der Waals surface area contributed by atoms with Crippen molar-refractivity contribution in [3.05, 3.63) is 89.6 Å². The maximum atomic E-state index is 13.9. The standard InChI is InChI=1S/C48H56N10O7/c1-29(2)42(55-47(62)65-6)45(60)58-28-48(17-18-48)23-40(58)43-51-25-39(53-43)36-14-13-34-21-33(11-12-35(34)22-36)31-7-9-32(10-8-31)38-24-50-41(52-38)27-57(26-30(3)15-19-49)44(59)37(16-20-56(4)63)54-46(61)64-5/h7-14,21-22,24-25,29-30,37,40,42H,15-18,20,23,26-28H2,1-6H3,(H3-,50,51,52,53,54,55,61,62)/p+1. The summed E-state index contributed by atoms with van der Waals surface area (Å²) in [4.78, 5) is 83.3. The van der Waals surface area contributed by atoms with Crippen LogP contribution in [0.15, 0.2) is 73.1 Å². The first-order valence-electron chi connectivity index (χ1n) is 22.0. The molecule has 2 aliphatic rings. The third-order valence-electron chi connectivity index (χ3n) is 12.5. The van der Waals surface area contributed by atoms with Crippen molar-refractivity contribution < 1.29 is 33.4 Å². The number of amides is 4. The summed E-state index contributed by atoms with van der Waals surface area (Å²) in [5.41, 5.74) is 5.66. The van der Waals surface area contributed by atoms with E-state index in [2.05, 4.69) is 68.1 Å². The van der Waals surface area contributed by atoms with E-state index in [1.165, 1.54) is 21.3 Å². The first-order valence-corrected chi connectivity index (χ1v) is 22.0. The fourth-order valence-electron chi connectivity index (χ4n) is 8.63. The zero-order chi connectivity index (χ0) is 46.4. The highest BCUT2D eigenvalue weighted by Crippen LogP contribution is 2.58. The number of fused-ring (bicyclic) bond motifs is 1. The predicted molar refractivity (Wildman–Crippen MR) is 243 cm³/mol. The summed E-state index contributed by atoms with van der Waals surface area (Å²) in [6.07, 6.45) is 5.39. The summed E-state index contributed by atoms with van der Waals surface area (Å²) in [7, 11) is 3.84. The number of H-pyrrole nitrogens is 2. The van der Waals surface area contributed by atoms with Gasteiger partial charge in [-0.1, -0.05) is 69.3 Å². The van der Waals surface area contributed by atoms with Crippen LogP contribution in [-0.4, -0.2) is 111 Å². The molecule has 3 aromatic carbocycles. The second-order valence-electron chi connectivity index (χ2n) is 17.8. The van der Waals surface area contributed by atoms with Gasteiger partial charge in [-0.15, -0.1) is 0 Å². The first kappa shape index (κ1) is 45.9. The number of nitrogens with one attached hydrogen (secondary N) is 4. The Labute approximate surface area is 377 Å². The number of carbonyl (C=O) groups excluding carboxylic acids is 4. The molecule has 5 aromatic rings. The number of nitroso groups, excluding NO2 is 1. The summed E-state index contributed by atoms with van der Waals surface area (Å²) in [5, 5.41) is 16.7. The number of hydrogen-bond acceptors (Lipinski definition) is 10. The predicted octanol–water partition coefficient (Wildman–Crippen LogP) is 7.12. The second kappa shape index (κ2) is 19.7. The van der Waals surface area contributed by atoms with Crippen molar-refractivity contribution in [1.29, 1.82) is 5.26 Å². The molecule has 1 spiro atoms. The maximum absolute atomic E-state index is 13.9. The fraction of sp³-hybridized carbons (Fsp3) is 0.438. The van der Waals surface area contributed by atoms with E-state index < -0.39 is 30.2 Å². The van der Waals surface area contributed by atoms with Gasteiger partial charge in [0.15, 0.2) is 13.6 Å². The molecular formula is C48H57N10O7+. The van der Waals surface area contributed by atoms with E-state index in [-0.39, 0.29) is 61.7 Å². The summed E-state index contributed by atoms with van der Waals surface area (Å²) < 4.78 is 10.2. The third-order valence-corrected chi connectivity index (χ3v) is 12.5. The number of imidazole rings is 2. The van der Waals surface area contributed by atoms with Gasteiger partial charge < -0.3 is 39.9 Å². The molecule has 0 radical (unpaired) electrons. The Balaban J connectivity index is 1.04. The van der Waals surface area contributed by atoms with E-state index in [0.717, 1.165) is 69.5 Å². The van der Waals surface area contributed by atoms with Crippen molar-refractivity contribution in [2.24, 2.45) is 17.3 Å². The van der Waals surface area contributed by atoms with E-state index in [0.29, 0.717) is 17.1 Å². The summed E-state index contributed by atoms with van der Waals surface area (Å²) in [5.74, 6) is 0.449. The summed E-state index contributed by atoms with van der Waals surface area (Å²) in [6.45, 7) is 6.69. The Morgan fingerprint density at radius 2 is 1.51 bits per heavy atom. The molecule has 0 bridgehead atoms. The highest BCUT2D eigenvalue weighted by Gasteiger charge is 2.55. The number of methoxy groups -OCH3 is 2. The minimum atomic E-state index is -1.01. The van der Waals surface area contributed by atoms with Crippen LogP contribution in [0.5, 0.6) is 0 Å². The average Bonchev–Trinajstić information content (AvgIpc) is 3.61. The number of nitrogens with zero attached hydrogens (tertiary/aromatic N) is 6. The molecule has 65 heavy (non-hydrogen) atoms. The third kappa shape index (κ3) is 10.8. The molecule has 17 nitrogen and oxygen atoms in total. The average molecular weight is 886 g/mol. The Morgan fingerprint density at radius 1 is 0.892 bits per heavy atom. The second-order valence-corrected chi connectivity index (χ2v) is 17.8. The number of ether oxygens (including phenoxy) is 2. The van der Waals surface area contributed by atoms with E-state index in [9.17, 15) is 29.3 Å². The molecule has 2 aromatic heterocycles. The van der Waals surface area contributed by atoms with Crippen LogP contribution in [-0.2, 0) is 25.6 Å². The van der Waals surface area contributed by atoms with Gasteiger partial charge in [-0.2, -0.15) is 5.26 Å². The number of benzene rings is 3. The lowest BCUT2D eigenvalue weighted by molar-refractivity contribution is -0.519. The normalized spacial score (nSPS) is 16.4. The minimum Gasteiger partial charge on any atom is -0.453 e. The fourth-order valence-corrected chi connectivity index (χ4v) is 8.63. The van der Waals surface area contributed by atoms with Crippen LogP contribution >= 0.6 is 0 Å². The number of alkyl carbamates (subject to hydrolysis) is 2. The monoisotopic (exact) mass is 885 g/mol. The molecule has 4 atom stereocenters. The van der Waals surface area contributed by atoms with Gasteiger partial charge in [-0.25, -0.2) is 19.6 Å². The van der Waals surface area contributed by atoms with Crippen molar-refractivity contribution in [3.63, 3.8) is 0 Å². The van der Waals surface area contributed by atoms with Crippen LogP contribution in [0.25, 0.3) is 44.4 Å². The number of rotatable bonds is 17. The topological polar surface area (TPSA) is 219 Å². The van der Waals surface area contributed by atoms with E-state index >= 15 is 0 Å². The zero-order valence-electron chi connectivity index (χ0n) is 37.7. The zero-order valence-corrected chi connectivity index (χ0v) is 37.7. The van der Waals surface area contributed by atoms with Crippen molar-refractivity contribution in [1.82, 2.24) is 40.4 Å². The Kier molecular flexibility index (Phi) is 14.0. The molecule has 7 rings (SSSR count). The number of nitriles is 1. The smallest absolute Gasteiger partial charge is 0.407 e. The molecule has 4 N–H and O–H groups in total. The molecule has 3 heterocycles. The quantitative estimate of drug-likeness (QED) is 0.0693. The van der Waals surface area contributed by atoms with Crippen LogP contribution in [0.2, 0.25) is 0 Å². The SMILES string of the molecule is COC(=O)NC(CC[N+](C)=O)C(=O)N(Cc1ncc(-c2ccc(-c3ccc4cc(-c5cnc(C6CC7(CC7)CN6C(=O)C(NC(=O)OC)C(C)C)[nH]5)ccc4c3)cc2)[nH]1)CC(C)CC#N. The van der Waals surface area contributed by atoms with Gasteiger partial charge in [-0.3, -0.25) is 9.59 Å². The minimum absolute atomic E-state index is 0.0170. The molecular weight excluding hydrogens is 829 g/mol. The van der Waals surface area contributed by atoms with E-state index in [4.69, 9.17) is 14.5 Å². The molecule has 1 aliphatic heterocycles. The molecule has 4 unspecified atom stereocenters. The molecule has 17 heteroatoms. The largest absolute Gasteiger partial charge is 0.453 e. The molecule has 2 fully saturated rings. The lowest BCUT2D eigenvalue weighted by Crippen LogP contribution is -2.51. The van der Waals surface area contributed by atoms with Gasteiger partial charge in [0.2, 0.25) is 11.8 Å². The van der Waals surface area contributed by atoms with Crippen LogP contribution < -0.4 is 10.6 Å². The number of hydrogen-bond donors (Lipinski definition) is 4. The first-order chi connectivity index (χ1) is 31.2. The summed E-state index contributed by atoms with van der Waals surface area (Å²) in [6, 6.07) is 21.0. The van der Waals surface area contributed by atoms with Gasteiger partial charge in [0.1, 0.15) is 23.7 Å². The van der Waals surface area contributed by atoms with Crippen molar-refractivity contribution in [2.75, 3.05) is 40.9 Å². The molecule has 1 aliphatic carbocycles. The van der Waals surface area contributed by atoms with Crippen molar-refractivity contribution in [2.45, 2.75) is 77.5 Å². The van der Waals surface area contributed by atoms with E-state index in [1.54, 1.807) is 11.1 Å². The number of likely N-dealkylation sites (tertiary alicyclic amines) is 1. The van der Waals surface area contributed by atoms with Crippen LogP contribution in [0.4, 0.5) is 9.59 Å². The van der Waals surface area contributed by atoms with Gasteiger partial charge in [0.25, 0.3) is 0 Å². The lowest BCUT2D eigenvalue weighted by Gasteiger charge is -2.30. The number of carbonyl (C=O) groups is 4. The van der Waals surface area contributed by atoms with Gasteiger partial charge >= 0.3 is 12.2 Å². The maximum Gasteiger partial charge on any atom is 0.407 e. The van der Waals surface area contributed by atoms with E-state index in [1.807, 2.05) is 56.1 Å². The van der Waals surface area contributed by atoms with Crippen LogP contribution in [0, 0.1) is 33.5 Å². The van der Waals surface area contributed by atoms with Crippen LogP contribution in [0.1, 0.15) is 70.6 Å². The lowest BCUT2D eigenvalue weighted by atomic mass is 9.98. The molecule has 4 amide bonds. The molecule has 340 valence electrons. The Morgan fingerprint density at radius 3 is 2.15 bits per heavy atom. The van der Waals surface area contributed by atoms with Gasteiger partial charge in [0, 0.05) is 36.4 Å². The van der Waals surface area contributed by atoms with Gasteiger partial charge in [-0.05, 0) is 80.9 Å². The molecule has 1 saturated heterocycles. The van der Waals surface area contributed by atoms with Crippen molar-refractivity contribution >= 4 is 34.8 Å². The number of aromatic nitrogens is 4. The Bertz CT molecular complexity index is 2590. The van der Waals surface area contributed by atoms with Gasteiger partial charge in [0.05, 0.1) is 56.7 Å². The number of aromatic amines is 2. The van der Waals surface area contributed by atoms with Crippen LogP contribution in [0.3, 0.4) is 0 Å².